The van der Waals surface area contributed by atoms with Gasteiger partial charge in [0.25, 0.3) is 0 Å². The van der Waals surface area contributed by atoms with Crippen molar-refractivity contribution in [3.05, 3.63) is 48.6 Å². The Kier molecular flexibility index (Phi) is 3.86. The minimum atomic E-state index is -2.16. The van der Waals surface area contributed by atoms with Gasteiger partial charge in [0.1, 0.15) is 5.60 Å². The van der Waals surface area contributed by atoms with Crippen LogP contribution in [0.1, 0.15) is 18.9 Å². The van der Waals surface area contributed by atoms with Crippen molar-refractivity contribution in [1.82, 2.24) is 0 Å². The van der Waals surface area contributed by atoms with Gasteiger partial charge in [-0.3, -0.25) is 0 Å². The molecule has 0 amide bonds. The van der Waals surface area contributed by atoms with Crippen LogP contribution in [0, 0.1) is 0 Å². The van der Waals surface area contributed by atoms with Crippen LogP contribution in [0.5, 0.6) is 0 Å². The smallest absolute Gasteiger partial charge is 0.196 e. The molecular weight excluding hydrogens is 204 g/mol. The van der Waals surface area contributed by atoms with Gasteiger partial charge < -0.3 is 15.3 Å². The summed E-state index contributed by atoms with van der Waals surface area (Å²) >= 11 is 0. The van der Waals surface area contributed by atoms with E-state index in [4.69, 9.17) is 0 Å². The van der Waals surface area contributed by atoms with E-state index < -0.39 is 11.4 Å². The molecule has 0 heterocycles. The van der Waals surface area contributed by atoms with Gasteiger partial charge in [-0.25, -0.2) is 0 Å². The molecule has 0 saturated carbocycles. The van der Waals surface area contributed by atoms with Gasteiger partial charge in [0.05, 0.1) is 0 Å². The maximum atomic E-state index is 9.93. The van der Waals surface area contributed by atoms with Gasteiger partial charge >= 0.3 is 0 Å². The monoisotopic (exact) mass is 222 g/mol. The van der Waals surface area contributed by atoms with Crippen LogP contribution in [0.3, 0.4) is 0 Å². The van der Waals surface area contributed by atoms with Crippen molar-refractivity contribution in [3.8, 4) is 0 Å². The Hall–Kier alpha value is -1.16. The normalized spacial score (nSPS) is 15.5. The second-order valence-corrected chi connectivity index (χ2v) is 4.25. The molecule has 1 aromatic rings. The maximum absolute atomic E-state index is 9.93. The lowest BCUT2D eigenvalue weighted by Crippen LogP contribution is -2.53. The van der Waals surface area contributed by atoms with E-state index in [1.54, 1.807) is 12.1 Å². The fraction of sp³-hybridized carbons (Fsp3) is 0.385. The molecule has 1 rings (SSSR count). The van der Waals surface area contributed by atoms with Crippen LogP contribution in [0.2, 0.25) is 0 Å². The minimum absolute atomic E-state index is 0.0192. The highest BCUT2D eigenvalue weighted by atomic mass is 16.5. The van der Waals surface area contributed by atoms with Crippen LogP contribution in [0.25, 0.3) is 0 Å². The summed E-state index contributed by atoms with van der Waals surface area (Å²) in [6, 6.07) is 9.04. The van der Waals surface area contributed by atoms with Crippen LogP contribution in [-0.2, 0) is 6.42 Å². The summed E-state index contributed by atoms with van der Waals surface area (Å²) in [6.45, 7) is 4.87. The van der Waals surface area contributed by atoms with Gasteiger partial charge in [-0.15, -0.1) is 6.58 Å². The molecule has 0 aliphatic heterocycles. The summed E-state index contributed by atoms with van der Waals surface area (Å²) in [5.74, 6) is -2.16. The van der Waals surface area contributed by atoms with E-state index in [-0.39, 0.29) is 12.8 Å². The fourth-order valence-corrected chi connectivity index (χ4v) is 1.52. The van der Waals surface area contributed by atoms with Crippen molar-refractivity contribution < 1.29 is 15.3 Å². The quantitative estimate of drug-likeness (QED) is 0.519. The second-order valence-electron chi connectivity index (χ2n) is 4.25. The number of rotatable bonds is 5. The average molecular weight is 222 g/mol. The summed E-state index contributed by atoms with van der Waals surface area (Å²) in [6.07, 6.45) is 1.56. The Bertz CT molecular complexity index is 341. The minimum Gasteiger partial charge on any atom is -0.384 e. The molecule has 88 valence electrons. The third kappa shape index (κ3) is 2.92. The van der Waals surface area contributed by atoms with E-state index in [9.17, 15) is 15.3 Å². The van der Waals surface area contributed by atoms with Gasteiger partial charge in [-0.2, -0.15) is 0 Å². The van der Waals surface area contributed by atoms with Crippen molar-refractivity contribution in [2.45, 2.75) is 31.2 Å². The number of benzene rings is 1. The Labute approximate surface area is 95.7 Å². The molecule has 0 spiro atoms. The third-order valence-corrected chi connectivity index (χ3v) is 2.70. The molecule has 0 aliphatic carbocycles. The highest BCUT2D eigenvalue weighted by Crippen LogP contribution is 2.27. The van der Waals surface area contributed by atoms with Gasteiger partial charge in [-0.05, 0) is 18.9 Å². The molecule has 3 N–H and O–H groups in total. The summed E-state index contributed by atoms with van der Waals surface area (Å²) in [5.41, 5.74) is -0.846. The fourth-order valence-electron chi connectivity index (χ4n) is 1.52. The van der Waals surface area contributed by atoms with Gasteiger partial charge in [0.15, 0.2) is 5.79 Å². The largest absolute Gasteiger partial charge is 0.384 e. The van der Waals surface area contributed by atoms with Crippen LogP contribution in [0.4, 0.5) is 0 Å². The van der Waals surface area contributed by atoms with Gasteiger partial charge in [0, 0.05) is 6.42 Å². The molecule has 3 heteroatoms. The zero-order valence-electron chi connectivity index (χ0n) is 9.43. The standard InChI is InChI=1S/C13H18O3/c1-3-9-12(2,14)13(15,16)10-11-7-5-4-6-8-11/h3-8,14-16H,1,9-10H2,2H3. The Morgan fingerprint density at radius 3 is 2.25 bits per heavy atom. The highest BCUT2D eigenvalue weighted by molar-refractivity contribution is 5.17. The van der Waals surface area contributed by atoms with Crippen molar-refractivity contribution in [1.29, 1.82) is 0 Å². The average Bonchev–Trinajstić information content (AvgIpc) is 2.18. The van der Waals surface area contributed by atoms with E-state index in [1.165, 1.54) is 13.0 Å². The molecule has 0 radical (unpaired) electrons. The second kappa shape index (κ2) is 4.78. The van der Waals surface area contributed by atoms with Crippen LogP contribution < -0.4 is 0 Å². The van der Waals surface area contributed by atoms with E-state index in [0.717, 1.165) is 5.56 Å². The third-order valence-electron chi connectivity index (χ3n) is 2.70. The molecule has 0 bridgehead atoms. The number of hydrogen-bond donors (Lipinski definition) is 3. The Morgan fingerprint density at radius 1 is 1.19 bits per heavy atom. The van der Waals surface area contributed by atoms with Crippen molar-refractivity contribution >= 4 is 0 Å². The van der Waals surface area contributed by atoms with E-state index in [2.05, 4.69) is 6.58 Å². The number of hydrogen-bond acceptors (Lipinski definition) is 3. The zero-order valence-corrected chi connectivity index (χ0v) is 9.43. The van der Waals surface area contributed by atoms with Crippen molar-refractivity contribution in [3.63, 3.8) is 0 Å². The molecule has 0 aliphatic rings. The van der Waals surface area contributed by atoms with Crippen molar-refractivity contribution in [2.75, 3.05) is 0 Å². The molecule has 1 unspecified atom stereocenters. The molecule has 3 nitrogen and oxygen atoms in total. The highest BCUT2D eigenvalue weighted by Gasteiger charge is 2.43. The van der Waals surface area contributed by atoms with E-state index in [0.29, 0.717) is 0 Å². The molecule has 0 saturated heterocycles. The van der Waals surface area contributed by atoms with Crippen LogP contribution >= 0.6 is 0 Å². The topological polar surface area (TPSA) is 60.7 Å². The first kappa shape index (κ1) is 12.9. The Balaban J connectivity index is 2.82. The molecule has 1 aromatic carbocycles. The lowest BCUT2D eigenvalue weighted by atomic mass is 9.87. The van der Waals surface area contributed by atoms with Gasteiger partial charge in [-0.1, -0.05) is 36.4 Å². The summed E-state index contributed by atoms with van der Waals surface area (Å²) in [7, 11) is 0. The van der Waals surface area contributed by atoms with E-state index in [1.807, 2.05) is 18.2 Å². The maximum Gasteiger partial charge on any atom is 0.196 e. The van der Waals surface area contributed by atoms with Crippen molar-refractivity contribution in [2.24, 2.45) is 0 Å². The van der Waals surface area contributed by atoms with Crippen LogP contribution in [-0.4, -0.2) is 26.7 Å². The van der Waals surface area contributed by atoms with Crippen LogP contribution in [0.15, 0.2) is 43.0 Å². The molecular formula is C13H18O3. The lowest BCUT2D eigenvalue weighted by molar-refractivity contribution is -0.266. The predicted molar refractivity (Wildman–Crippen MR) is 62.8 cm³/mol. The Morgan fingerprint density at radius 2 is 1.75 bits per heavy atom. The SMILES string of the molecule is C=CCC(C)(O)C(O)(O)Cc1ccccc1. The predicted octanol–water partition coefficient (Wildman–Crippen LogP) is 1.24. The summed E-state index contributed by atoms with van der Waals surface area (Å²) < 4.78 is 0. The summed E-state index contributed by atoms with van der Waals surface area (Å²) in [4.78, 5) is 0. The first-order chi connectivity index (χ1) is 7.39. The molecule has 16 heavy (non-hydrogen) atoms. The first-order valence-electron chi connectivity index (χ1n) is 5.21. The molecule has 1 atom stereocenters. The summed E-state index contributed by atoms with van der Waals surface area (Å²) in [5, 5.41) is 29.7. The number of aliphatic hydroxyl groups is 3. The first-order valence-corrected chi connectivity index (χ1v) is 5.21. The van der Waals surface area contributed by atoms with E-state index >= 15 is 0 Å². The molecule has 0 aromatic heterocycles. The lowest BCUT2D eigenvalue weighted by Gasteiger charge is -2.36. The zero-order chi connectivity index (χ0) is 12.2. The van der Waals surface area contributed by atoms with Gasteiger partial charge in [0.2, 0.25) is 0 Å². The molecule has 0 fully saturated rings.